The molecule has 1 aromatic heterocycles. The van der Waals surface area contributed by atoms with Gasteiger partial charge in [0.05, 0.1) is 0 Å². The molecular weight excluding hydrogens is 246 g/mol. The van der Waals surface area contributed by atoms with Crippen LogP contribution in [0.3, 0.4) is 0 Å². The molecule has 0 atom stereocenters. The number of aromatic nitrogens is 2. The SMILES string of the molecule is CNCCc1nc(-c2ccc(C)cc2)c(Cl)n1C. The number of benzene rings is 1. The number of halogens is 1. The van der Waals surface area contributed by atoms with Crippen molar-refractivity contribution < 1.29 is 0 Å². The molecule has 1 heterocycles. The molecule has 0 saturated heterocycles. The second-order valence-electron chi connectivity index (χ2n) is 4.45. The van der Waals surface area contributed by atoms with Gasteiger partial charge in [0.2, 0.25) is 0 Å². The van der Waals surface area contributed by atoms with Crippen molar-refractivity contribution in [1.29, 1.82) is 0 Å². The van der Waals surface area contributed by atoms with Gasteiger partial charge in [-0.15, -0.1) is 0 Å². The van der Waals surface area contributed by atoms with Crippen LogP contribution in [0, 0.1) is 6.92 Å². The van der Waals surface area contributed by atoms with E-state index in [9.17, 15) is 0 Å². The van der Waals surface area contributed by atoms with Crippen molar-refractivity contribution in [3.8, 4) is 11.3 Å². The maximum absolute atomic E-state index is 6.35. The number of hydrogen-bond donors (Lipinski definition) is 1. The Kier molecular flexibility index (Phi) is 4.04. The molecule has 0 aliphatic rings. The van der Waals surface area contributed by atoms with E-state index < -0.39 is 0 Å². The molecular formula is C14H18ClN3. The lowest BCUT2D eigenvalue weighted by molar-refractivity contribution is 0.718. The molecule has 0 bridgehead atoms. The summed E-state index contributed by atoms with van der Waals surface area (Å²) in [5, 5.41) is 3.82. The van der Waals surface area contributed by atoms with E-state index in [1.165, 1.54) is 5.56 Å². The average molecular weight is 264 g/mol. The summed E-state index contributed by atoms with van der Waals surface area (Å²) >= 11 is 6.35. The molecule has 2 rings (SSSR count). The first-order chi connectivity index (χ1) is 8.63. The number of aryl methyl sites for hydroxylation is 1. The lowest BCUT2D eigenvalue weighted by Crippen LogP contribution is -2.13. The molecule has 0 fully saturated rings. The highest BCUT2D eigenvalue weighted by Gasteiger charge is 2.13. The van der Waals surface area contributed by atoms with E-state index in [1.54, 1.807) is 0 Å². The van der Waals surface area contributed by atoms with Crippen molar-refractivity contribution in [2.75, 3.05) is 13.6 Å². The maximum atomic E-state index is 6.35. The molecule has 18 heavy (non-hydrogen) atoms. The van der Waals surface area contributed by atoms with E-state index >= 15 is 0 Å². The number of rotatable bonds is 4. The van der Waals surface area contributed by atoms with E-state index in [4.69, 9.17) is 11.6 Å². The van der Waals surface area contributed by atoms with Crippen LogP contribution in [-0.2, 0) is 13.5 Å². The summed E-state index contributed by atoms with van der Waals surface area (Å²) in [6.45, 7) is 2.97. The Hall–Kier alpha value is -1.32. The van der Waals surface area contributed by atoms with Crippen LogP contribution in [0.4, 0.5) is 0 Å². The first-order valence-corrected chi connectivity index (χ1v) is 6.44. The Morgan fingerprint density at radius 2 is 1.94 bits per heavy atom. The molecule has 0 unspecified atom stereocenters. The van der Waals surface area contributed by atoms with Crippen LogP contribution >= 0.6 is 11.6 Å². The van der Waals surface area contributed by atoms with Gasteiger partial charge >= 0.3 is 0 Å². The minimum Gasteiger partial charge on any atom is -0.322 e. The Morgan fingerprint density at radius 1 is 1.28 bits per heavy atom. The van der Waals surface area contributed by atoms with Crippen molar-refractivity contribution >= 4 is 11.6 Å². The third kappa shape index (κ3) is 2.57. The minimum atomic E-state index is 0.699. The Morgan fingerprint density at radius 3 is 2.56 bits per heavy atom. The van der Waals surface area contributed by atoms with Gasteiger partial charge in [0.25, 0.3) is 0 Å². The summed E-state index contributed by atoms with van der Waals surface area (Å²) in [7, 11) is 3.89. The van der Waals surface area contributed by atoms with Crippen LogP contribution in [0.15, 0.2) is 24.3 Å². The summed E-state index contributed by atoms with van der Waals surface area (Å²) in [5.74, 6) is 1.00. The fourth-order valence-corrected chi connectivity index (χ4v) is 2.13. The first kappa shape index (κ1) is 13.1. The van der Waals surface area contributed by atoms with Crippen molar-refractivity contribution in [1.82, 2.24) is 14.9 Å². The molecule has 96 valence electrons. The van der Waals surface area contributed by atoms with E-state index in [0.717, 1.165) is 30.0 Å². The predicted molar refractivity (Wildman–Crippen MR) is 76.0 cm³/mol. The average Bonchev–Trinajstić information content (AvgIpc) is 2.65. The number of hydrogen-bond acceptors (Lipinski definition) is 2. The van der Waals surface area contributed by atoms with E-state index in [-0.39, 0.29) is 0 Å². The molecule has 4 heteroatoms. The Bertz CT molecular complexity index is 529. The fraction of sp³-hybridized carbons (Fsp3) is 0.357. The van der Waals surface area contributed by atoms with Gasteiger partial charge in [0, 0.05) is 25.6 Å². The van der Waals surface area contributed by atoms with Crippen LogP contribution in [-0.4, -0.2) is 23.1 Å². The molecule has 0 aliphatic carbocycles. The van der Waals surface area contributed by atoms with Crippen LogP contribution < -0.4 is 5.32 Å². The van der Waals surface area contributed by atoms with Gasteiger partial charge in [-0.05, 0) is 14.0 Å². The third-order valence-corrected chi connectivity index (χ3v) is 3.47. The first-order valence-electron chi connectivity index (χ1n) is 6.06. The van der Waals surface area contributed by atoms with Crippen molar-refractivity contribution in [2.45, 2.75) is 13.3 Å². The van der Waals surface area contributed by atoms with E-state index in [0.29, 0.717) is 5.15 Å². The van der Waals surface area contributed by atoms with Gasteiger partial charge in [-0.2, -0.15) is 0 Å². The van der Waals surface area contributed by atoms with Gasteiger partial charge in [-0.1, -0.05) is 41.4 Å². The monoisotopic (exact) mass is 263 g/mol. The largest absolute Gasteiger partial charge is 0.322 e. The van der Waals surface area contributed by atoms with Gasteiger partial charge in [0.15, 0.2) is 0 Å². The molecule has 0 spiro atoms. The standard InChI is InChI=1S/C14H18ClN3/c1-10-4-6-11(7-5-10)13-14(15)18(3)12(17-13)8-9-16-2/h4-7,16H,8-9H2,1-3H3. The Balaban J connectivity index is 2.36. The van der Waals surface area contributed by atoms with Crippen molar-refractivity contribution in [2.24, 2.45) is 7.05 Å². The minimum absolute atomic E-state index is 0.699. The summed E-state index contributed by atoms with van der Waals surface area (Å²) < 4.78 is 1.95. The fourth-order valence-electron chi connectivity index (χ4n) is 1.88. The third-order valence-electron chi connectivity index (χ3n) is 3.04. The van der Waals surface area contributed by atoms with E-state index in [1.807, 2.05) is 18.7 Å². The second-order valence-corrected chi connectivity index (χ2v) is 4.80. The Labute approximate surface area is 113 Å². The van der Waals surface area contributed by atoms with Crippen LogP contribution in [0.25, 0.3) is 11.3 Å². The summed E-state index contributed by atoms with van der Waals surface area (Å²) in [6, 6.07) is 8.28. The van der Waals surface area contributed by atoms with E-state index in [2.05, 4.69) is 41.5 Å². The summed E-state index contributed by atoms with van der Waals surface area (Å²) in [5.41, 5.74) is 3.17. The lowest BCUT2D eigenvalue weighted by atomic mass is 10.1. The zero-order chi connectivity index (χ0) is 13.1. The van der Waals surface area contributed by atoms with Crippen molar-refractivity contribution in [3.05, 3.63) is 40.8 Å². The van der Waals surface area contributed by atoms with Crippen LogP contribution in [0.2, 0.25) is 5.15 Å². The smallest absolute Gasteiger partial charge is 0.136 e. The van der Waals surface area contributed by atoms with Gasteiger partial charge < -0.3 is 9.88 Å². The zero-order valence-electron chi connectivity index (χ0n) is 11.0. The number of likely N-dealkylation sites (N-methyl/N-ethyl adjacent to an activating group) is 1. The summed E-state index contributed by atoms with van der Waals surface area (Å²) in [6.07, 6.45) is 0.874. The number of imidazole rings is 1. The van der Waals surface area contributed by atoms with Crippen LogP contribution in [0.1, 0.15) is 11.4 Å². The molecule has 2 aromatic rings. The predicted octanol–water partition coefficient (Wildman–Crippen LogP) is 2.81. The highest BCUT2D eigenvalue weighted by atomic mass is 35.5. The second kappa shape index (κ2) is 5.55. The zero-order valence-corrected chi connectivity index (χ0v) is 11.8. The van der Waals surface area contributed by atoms with Crippen LogP contribution in [0.5, 0.6) is 0 Å². The highest BCUT2D eigenvalue weighted by Crippen LogP contribution is 2.27. The van der Waals surface area contributed by atoms with Gasteiger partial charge in [0.1, 0.15) is 16.7 Å². The molecule has 1 aromatic carbocycles. The molecule has 1 N–H and O–H groups in total. The molecule has 0 amide bonds. The van der Waals surface area contributed by atoms with Gasteiger partial charge in [-0.25, -0.2) is 4.98 Å². The van der Waals surface area contributed by atoms with Crippen molar-refractivity contribution in [3.63, 3.8) is 0 Å². The summed E-state index contributed by atoms with van der Waals surface area (Å²) in [4.78, 5) is 4.64. The lowest BCUT2D eigenvalue weighted by Gasteiger charge is -2.00. The topological polar surface area (TPSA) is 29.9 Å². The highest BCUT2D eigenvalue weighted by molar-refractivity contribution is 6.32. The maximum Gasteiger partial charge on any atom is 0.136 e. The number of nitrogens with one attached hydrogen (secondary N) is 1. The molecule has 0 aliphatic heterocycles. The quantitative estimate of drug-likeness (QED) is 0.919. The molecule has 0 radical (unpaired) electrons. The van der Waals surface area contributed by atoms with Gasteiger partial charge in [-0.3, -0.25) is 0 Å². The molecule has 0 saturated carbocycles. The number of nitrogens with zero attached hydrogens (tertiary/aromatic N) is 2. The normalized spacial score (nSPS) is 10.9. The molecule has 3 nitrogen and oxygen atoms in total.